The molecule has 7 heteroatoms. The van der Waals surface area contributed by atoms with Crippen LogP contribution in [-0.2, 0) is 23.6 Å². The number of nitrogens with one attached hydrogen (secondary N) is 1. The van der Waals surface area contributed by atoms with Gasteiger partial charge in [0, 0.05) is 25.4 Å². The minimum absolute atomic E-state index is 0.201. The first-order valence-corrected chi connectivity index (χ1v) is 7.23. The molecule has 2 rings (SSSR count). The highest BCUT2D eigenvalue weighted by atomic mass is 32.2. The molecular formula is C12H16N4O2S. The van der Waals surface area contributed by atoms with Crippen molar-refractivity contribution in [3.63, 3.8) is 0 Å². The number of rotatable bonds is 4. The molecule has 0 aliphatic rings. The van der Waals surface area contributed by atoms with E-state index >= 15 is 0 Å². The van der Waals surface area contributed by atoms with Crippen molar-refractivity contribution in [3.8, 4) is 0 Å². The zero-order valence-corrected chi connectivity index (χ0v) is 11.6. The molecule has 0 spiro atoms. The van der Waals surface area contributed by atoms with Crippen LogP contribution in [0.1, 0.15) is 11.1 Å². The molecule has 0 aliphatic carbocycles. The highest BCUT2D eigenvalue weighted by molar-refractivity contribution is 7.92. The molecular weight excluding hydrogens is 264 g/mol. The predicted molar refractivity (Wildman–Crippen MR) is 73.1 cm³/mol. The summed E-state index contributed by atoms with van der Waals surface area (Å²) in [5.74, 6) is 0.269. The number of aromatic nitrogens is 2. The van der Waals surface area contributed by atoms with Crippen molar-refractivity contribution in [1.29, 1.82) is 0 Å². The lowest BCUT2D eigenvalue weighted by Gasteiger charge is -2.07. The third-order valence-corrected chi connectivity index (χ3v) is 4.04. The molecule has 19 heavy (non-hydrogen) atoms. The first-order valence-electron chi connectivity index (χ1n) is 5.74. The van der Waals surface area contributed by atoms with Crippen molar-refractivity contribution in [2.75, 3.05) is 4.72 Å². The lowest BCUT2D eigenvalue weighted by Crippen LogP contribution is -2.15. The van der Waals surface area contributed by atoms with Crippen LogP contribution in [0.5, 0.6) is 0 Å². The monoisotopic (exact) mass is 280 g/mol. The maximum absolute atomic E-state index is 12.2. The summed E-state index contributed by atoms with van der Waals surface area (Å²) in [5.41, 5.74) is 7.20. The zero-order chi connectivity index (χ0) is 14.0. The van der Waals surface area contributed by atoms with Crippen LogP contribution in [0.4, 0.5) is 5.82 Å². The minimum atomic E-state index is -3.63. The fraction of sp³-hybridized carbons (Fsp3) is 0.250. The van der Waals surface area contributed by atoms with E-state index in [0.29, 0.717) is 5.56 Å². The van der Waals surface area contributed by atoms with Gasteiger partial charge >= 0.3 is 0 Å². The van der Waals surface area contributed by atoms with Gasteiger partial charge < -0.3 is 5.73 Å². The summed E-state index contributed by atoms with van der Waals surface area (Å²) in [7, 11) is -1.92. The average molecular weight is 280 g/mol. The molecule has 0 bridgehead atoms. The van der Waals surface area contributed by atoms with Gasteiger partial charge in [-0.15, -0.1) is 0 Å². The van der Waals surface area contributed by atoms with E-state index < -0.39 is 10.0 Å². The first-order chi connectivity index (χ1) is 8.92. The number of aryl methyl sites for hydroxylation is 2. The summed E-state index contributed by atoms with van der Waals surface area (Å²) in [6, 6.07) is 6.61. The third kappa shape index (κ3) is 2.94. The molecule has 0 aliphatic heterocycles. The Bertz CT molecular complexity index is 674. The molecule has 0 saturated carbocycles. The first kappa shape index (κ1) is 13.6. The Kier molecular flexibility index (Phi) is 3.59. The number of sulfonamides is 1. The minimum Gasteiger partial charge on any atom is -0.326 e. The second kappa shape index (κ2) is 5.02. The molecule has 3 N–H and O–H groups in total. The van der Waals surface area contributed by atoms with Crippen molar-refractivity contribution in [2.45, 2.75) is 18.4 Å². The van der Waals surface area contributed by atoms with Crippen LogP contribution in [-0.4, -0.2) is 18.2 Å². The highest BCUT2D eigenvalue weighted by Gasteiger charge is 2.17. The zero-order valence-electron chi connectivity index (χ0n) is 10.8. The van der Waals surface area contributed by atoms with Gasteiger partial charge in [-0.3, -0.25) is 9.40 Å². The van der Waals surface area contributed by atoms with E-state index in [-0.39, 0.29) is 17.3 Å². The Morgan fingerprint density at radius 1 is 1.32 bits per heavy atom. The van der Waals surface area contributed by atoms with E-state index in [1.165, 1.54) is 4.68 Å². The molecule has 2 aromatic rings. The van der Waals surface area contributed by atoms with Gasteiger partial charge in [0.05, 0.1) is 4.90 Å². The summed E-state index contributed by atoms with van der Waals surface area (Å²) in [5, 5.41) is 4.06. The topological polar surface area (TPSA) is 90.0 Å². The Hall–Kier alpha value is -1.86. The van der Waals surface area contributed by atoms with Crippen LogP contribution >= 0.6 is 0 Å². The average Bonchev–Trinajstić information content (AvgIpc) is 2.69. The maximum Gasteiger partial charge on any atom is 0.263 e. The number of benzene rings is 1. The summed E-state index contributed by atoms with van der Waals surface area (Å²) < 4.78 is 28.4. The molecule has 0 radical (unpaired) electrons. The number of nitrogens with zero attached hydrogens (tertiary/aromatic N) is 2. The number of hydrogen-bond donors (Lipinski definition) is 2. The van der Waals surface area contributed by atoms with Gasteiger partial charge in [0.2, 0.25) is 0 Å². The quantitative estimate of drug-likeness (QED) is 0.873. The smallest absolute Gasteiger partial charge is 0.263 e. The summed E-state index contributed by atoms with van der Waals surface area (Å²) >= 11 is 0. The second-order valence-corrected chi connectivity index (χ2v) is 5.98. The van der Waals surface area contributed by atoms with Gasteiger partial charge in [0.15, 0.2) is 5.82 Å². The molecule has 0 amide bonds. The largest absolute Gasteiger partial charge is 0.326 e. The fourth-order valence-electron chi connectivity index (χ4n) is 1.68. The Morgan fingerprint density at radius 2 is 1.95 bits per heavy atom. The lowest BCUT2D eigenvalue weighted by atomic mass is 10.2. The molecule has 102 valence electrons. The van der Waals surface area contributed by atoms with Crippen LogP contribution in [0.3, 0.4) is 0 Å². The van der Waals surface area contributed by atoms with Crippen LogP contribution in [0.2, 0.25) is 0 Å². The fourth-order valence-corrected chi connectivity index (χ4v) is 2.72. The van der Waals surface area contributed by atoms with E-state index in [9.17, 15) is 8.42 Å². The van der Waals surface area contributed by atoms with E-state index in [1.54, 1.807) is 37.5 Å². The van der Waals surface area contributed by atoms with Gasteiger partial charge in [0.25, 0.3) is 10.0 Å². The number of anilines is 1. The van der Waals surface area contributed by atoms with Crippen molar-refractivity contribution >= 4 is 15.8 Å². The van der Waals surface area contributed by atoms with E-state index in [4.69, 9.17) is 5.73 Å². The molecule has 6 nitrogen and oxygen atoms in total. The van der Waals surface area contributed by atoms with Crippen molar-refractivity contribution < 1.29 is 8.42 Å². The molecule has 0 fully saturated rings. The van der Waals surface area contributed by atoms with Crippen LogP contribution < -0.4 is 10.5 Å². The summed E-state index contributed by atoms with van der Waals surface area (Å²) in [6.45, 7) is 2.12. The van der Waals surface area contributed by atoms with Crippen molar-refractivity contribution in [3.05, 3.63) is 41.6 Å². The standard InChI is InChI=1S/C12H16N4O2S/c1-9-3-5-11(6-4-9)19(17,18)15-12-10(7-13)8-16(2)14-12/h3-6,8H,7,13H2,1-2H3,(H,14,15). The van der Waals surface area contributed by atoms with Crippen LogP contribution in [0, 0.1) is 6.92 Å². The molecule has 0 saturated heterocycles. The predicted octanol–water partition coefficient (Wildman–Crippen LogP) is 0.988. The van der Waals surface area contributed by atoms with E-state index in [2.05, 4.69) is 9.82 Å². The Labute approximate surface area is 112 Å². The van der Waals surface area contributed by atoms with Crippen LogP contribution in [0.15, 0.2) is 35.4 Å². The van der Waals surface area contributed by atoms with Crippen molar-refractivity contribution in [1.82, 2.24) is 9.78 Å². The van der Waals surface area contributed by atoms with Gasteiger partial charge in [-0.25, -0.2) is 8.42 Å². The van der Waals surface area contributed by atoms with Crippen LogP contribution in [0.25, 0.3) is 0 Å². The molecule has 1 aromatic heterocycles. The van der Waals surface area contributed by atoms with Gasteiger partial charge in [-0.2, -0.15) is 5.10 Å². The lowest BCUT2D eigenvalue weighted by molar-refractivity contribution is 0.601. The van der Waals surface area contributed by atoms with E-state index in [0.717, 1.165) is 5.56 Å². The molecule has 1 heterocycles. The summed E-state index contributed by atoms with van der Waals surface area (Å²) in [4.78, 5) is 0.201. The van der Waals surface area contributed by atoms with E-state index in [1.807, 2.05) is 6.92 Å². The highest BCUT2D eigenvalue weighted by Crippen LogP contribution is 2.18. The number of hydrogen-bond acceptors (Lipinski definition) is 4. The Morgan fingerprint density at radius 3 is 2.53 bits per heavy atom. The van der Waals surface area contributed by atoms with Gasteiger partial charge in [0.1, 0.15) is 0 Å². The van der Waals surface area contributed by atoms with Crippen molar-refractivity contribution in [2.24, 2.45) is 12.8 Å². The summed E-state index contributed by atoms with van der Waals surface area (Å²) in [6.07, 6.45) is 1.69. The Balaban J connectivity index is 2.33. The van der Waals surface area contributed by atoms with Gasteiger partial charge in [-0.05, 0) is 19.1 Å². The second-order valence-electron chi connectivity index (χ2n) is 4.30. The van der Waals surface area contributed by atoms with Gasteiger partial charge in [-0.1, -0.05) is 17.7 Å². The normalized spacial score (nSPS) is 11.5. The molecule has 0 atom stereocenters. The molecule has 0 unspecified atom stereocenters. The third-order valence-electron chi connectivity index (χ3n) is 2.69. The number of nitrogens with two attached hydrogens (primary N) is 1. The maximum atomic E-state index is 12.2. The molecule has 1 aromatic carbocycles. The SMILES string of the molecule is Cc1ccc(S(=O)(=O)Nc2nn(C)cc2CN)cc1.